The van der Waals surface area contributed by atoms with Gasteiger partial charge in [0.1, 0.15) is 0 Å². The van der Waals surface area contributed by atoms with Crippen LogP contribution in [0.1, 0.15) is 81.9 Å². The van der Waals surface area contributed by atoms with Crippen LogP contribution in [-0.2, 0) is 53.2 Å². The predicted molar refractivity (Wildman–Crippen MR) is 232 cm³/mol. The minimum atomic E-state index is -1.13. The fraction of sp³-hybridized carbons (Fsp3) is 0.587. The maximum Gasteiger partial charge on any atom is 0.511 e. The van der Waals surface area contributed by atoms with E-state index in [-0.39, 0.29) is 49.8 Å². The fourth-order valence-corrected chi connectivity index (χ4v) is 9.72. The molecule has 1 N–H and O–H groups in total. The summed E-state index contributed by atoms with van der Waals surface area (Å²) in [5, 5.41) is 3.04. The molecule has 0 aliphatic carbocycles. The summed E-state index contributed by atoms with van der Waals surface area (Å²) >= 11 is 0. The van der Waals surface area contributed by atoms with Crippen molar-refractivity contribution in [3.05, 3.63) is 63.6 Å². The molecule has 0 saturated carbocycles. The second-order valence-corrected chi connectivity index (χ2v) is 17.3. The third-order valence-electron chi connectivity index (χ3n) is 13.2. The van der Waals surface area contributed by atoms with E-state index in [9.17, 15) is 33.6 Å². The number of rotatable bonds is 12. The quantitative estimate of drug-likeness (QED) is 0.139. The lowest BCUT2D eigenvalue weighted by Crippen LogP contribution is -2.52. The van der Waals surface area contributed by atoms with Crippen molar-refractivity contribution < 1.29 is 52.1 Å². The Morgan fingerprint density at radius 1 is 0.812 bits per heavy atom. The van der Waals surface area contributed by atoms with Crippen LogP contribution in [0.2, 0.25) is 0 Å². The van der Waals surface area contributed by atoms with E-state index in [1.165, 1.54) is 11.5 Å². The molecule has 3 saturated heterocycles. The van der Waals surface area contributed by atoms with Crippen molar-refractivity contribution in [2.75, 3.05) is 57.7 Å². The molecular formula is C46H60N6O12. The van der Waals surface area contributed by atoms with Crippen molar-refractivity contribution in [2.45, 2.75) is 103 Å². The average Bonchev–Trinajstić information content (AvgIpc) is 3.46. The fourth-order valence-electron chi connectivity index (χ4n) is 9.72. The highest BCUT2D eigenvalue weighted by Crippen LogP contribution is 2.34. The van der Waals surface area contributed by atoms with Crippen LogP contribution in [0.25, 0.3) is 11.1 Å². The zero-order valence-corrected chi connectivity index (χ0v) is 37.2. The summed E-state index contributed by atoms with van der Waals surface area (Å²) in [7, 11) is 1.64. The van der Waals surface area contributed by atoms with Gasteiger partial charge < -0.3 is 48.3 Å². The number of amides is 5. The first-order chi connectivity index (χ1) is 30.8. The molecule has 0 spiro atoms. The number of aryl methyl sites for hydroxylation is 2. The van der Waals surface area contributed by atoms with Gasteiger partial charge in [0.25, 0.3) is 5.91 Å². The highest BCUT2D eigenvalue weighted by Gasteiger charge is 2.37. The van der Waals surface area contributed by atoms with Gasteiger partial charge in [-0.2, -0.15) is 0 Å². The number of piperidine rings is 3. The van der Waals surface area contributed by atoms with Crippen LogP contribution in [0.4, 0.5) is 20.1 Å². The van der Waals surface area contributed by atoms with Gasteiger partial charge in [0.15, 0.2) is 11.7 Å². The first-order valence-electron chi connectivity index (χ1n) is 22.6. The molecule has 1 unspecified atom stereocenters. The van der Waals surface area contributed by atoms with Gasteiger partial charge >= 0.3 is 30.0 Å². The molecule has 7 rings (SSSR count). The molecule has 5 heterocycles. The second-order valence-electron chi connectivity index (χ2n) is 17.3. The molecule has 1 aromatic heterocycles. The highest BCUT2D eigenvalue weighted by atomic mass is 16.8. The number of nitrogens with one attached hydrogen (secondary N) is 1. The normalized spacial score (nSPS) is 18.7. The van der Waals surface area contributed by atoms with Gasteiger partial charge in [0.2, 0.25) is 12.2 Å². The monoisotopic (exact) mass is 888 g/mol. The van der Waals surface area contributed by atoms with E-state index in [0.717, 1.165) is 48.9 Å². The number of benzene rings is 2. The number of para-hydroxylation sites is 1. The topological polar surface area (TPSA) is 199 Å². The van der Waals surface area contributed by atoms with Gasteiger partial charge in [0.05, 0.1) is 18.5 Å². The number of carbonyl (C=O) groups is 6. The lowest BCUT2D eigenvalue weighted by atomic mass is 9.78. The number of likely N-dealkylation sites (tertiary alicyclic amines) is 3. The first kappa shape index (κ1) is 45.9. The van der Waals surface area contributed by atoms with Crippen molar-refractivity contribution in [2.24, 2.45) is 18.9 Å². The van der Waals surface area contributed by atoms with Crippen molar-refractivity contribution in [3.8, 4) is 0 Å². The summed E-state index contributed by atoms with van der Waals surface area (Å²) in [4.78, 5) is 97.5. The molecule has 3 aromatic rings. The number of fused-ring (bicyclic) bond motifs is 2. The van der Waals surface area contributed by atoms with Gasteiger partial charge in [-0.05, 0) is 99.5 Å². The number of carbonyl (C=O) groups excluding carboxylic acids is 6. The molecule has 4 aliphatic heterocycles. The Bertz CT molecular complexity index is 2250. The average molecular weight is 889 g/mol. The van der Waals surface area contributed by atoms with Crippen molar-refractivity contribution >= 4 is 52.9 Å². The van der Waals surface area contributed by atoms with E-state index in [4.69, 9.17) is 18.6 Å². The van der Waals surface area contributed by atoms with E-state index in [0.29, 0.717) is 87.2 Å². The summed E-state index contributed by atoms with van der Waals surface area (Å²) in [5.74, 6) is -0.838. The Morgan fingerprint density at radius 2 is 1.47 bits per heavy atom. The van der Waals surface area contributed by atoms with Crippen LogP contribution >= 0.6 is 0 Å². The number of hydrogen-bond acceptors (Lipinski definition) is 12. The van der Waals surface area contributed by atoms with Crippen molar-refractivity contribution in [3.63, 3.8) is 0 Å². The molecule has 2 atom stereocenters. The molecule has 18 heteroatoms. The minimum Gasteiger partial charge on any atom is -0.436 e. The molecule has 4 aliphatic rings. The first-order valence-corrected chi connectivity index (χ1v) is 22.6. The smallest absolute Gasteiger partial charge is 0.436 e. The zero-order valence-electron chi connectivity index (χ0n) is 37.2. The largest absolute Gasteiger partial charge is 0.511 e. The second kappa shape index (κ2) is 20.6. The Kier molecular flexibility index (Phi) is 14.8. The van der Waals surface area contributed by atoms with Crippen LogP contribution in [0.15, 0.2) is 45.6 Å². The van der Waals surface area contributed by atoms with E-state index < -0.39 is 36.4 Å². The maximum atomic E-state index is 14.4. The summed E-state index contributed by atoms with van der Waals surface area (Å²) in [6, 6.07) is 11.2. The van der Waals surface area contributed by atoms with Crippen LogP contribution in [0.3, 0.4) is 0 Å². The number of oxazole rings is 1. The molecule has 0 radical (unpaired) electrons. The van der Waals surface area contributed by atoms with Crippen molar-refractivity contribution in [1.29, 1.82) is 0 Å². The van der Waals surface area contributed by atoms with Crippen molar-refractivity contribution in [1.82, 2.24) is 24.2 Å². The molecule has 18 nitrogen and oxygen atoms in total. The van der Waals surface area contributed by atoms with E-state index in [1.54, 1.807) is 34.7 Å². The number of aromatic nitrogens is 1. The van der Waals surface area contributed by atoms with Crippen LogP contribution in [0, 0.1) is 18.8 Å². The molecule has 346 valence electrons. The molecular weight excluding hydrogens is 829 g/mol. The minimum absolute atomic E-state index is 0.0135. The number of nitrogens with zero attached hydrogens (tertiary/aromatic N) is 5. The van der Waals surface area contributed by atoms with E-state index in [2.05, 4.69) is 10.1 Å². The number of urea groups is 1. The van der Waals surface area contributed by atoms with Gasteiger partial charge in [0, 0.05) is 84.4 Å². The SMILES string of the molecule is CCOC(=O)OC(C)OC(=O)CCC(=O)N1CCC(C2CCN(C(=O)[C@@H](Cc3cc(C)c4c(c3)oc(=O)n4C)OC(=O)N3CCC(N4CCc5ccccc5NC4=O)CC3)CC2)CC1. The third kappa shape index (κ3) is 11.0. The summed E-state index contributed by atoms with van der Waals surface area (Å²) in [5.41, 5.74) is 4.45. The van der Waals surface area contributed by atoms with Gasteiger partial charge in [-0.1, -0.05) is 24.3 Å². The van der Waals surface area contributed by atoms with Crippen LogP contribution in [0.5, 0.6) is 0 Å². The molecule has 3 fully saturated rings. The Hall–Kier alpha value is -6.07. The lowest BCUT2D eigenvalue weighted by molar-refractivity contribution is -0.168. The van der Waals surface area contributed by atoms with Crippen LogP contribution < -0.4 is 11.1 Å². The predicted octanol–water partition coefficient (Wildman–Crippen LogP) is 5.36. The maximum absolute atomic E-state index is 14.4. The van der Waals surface area contributed by atoms with E-state index >= 15 is 0 Å². The summed E-state index contributed by atoms with van der Waals surface area (Å²) in [6.45, 7) is 8.47. The number of esters is 1. The van der Waals surface area contributed by atoms with Gasteiger partial charge in [-0.3, -0.25) is 19.0 Å². The Balaban J connectivity index is 0.921. The number of ether oxygens (including phenoxy) is 4. The highest BCUT2D eigenvalue weighted by molar-refractivity contribution is 5.91. The number of anilines is 1. The van der Waals surface area contributed by atoms with Gasteiger partial charge in [-0.15, -0.1) is 0 Å². The molecule has 0 bridgehead atoms. The molecule has 5 amide bonds. The van der Waals surface area contributed by atoms with E-state index in [1.807, 2.05) is 42.2 Å². The Morgan fingerprint density at radius 3 is 2.16 bits per heavy atom. The van der Waals surface area contributed by atoms with Crippen LogP contribution in [-0.4, -0.2) is 131 Å². The summed E-state index contributed by atoms with van der Waals surface area (Å²) < 4.78 is 27.6. The standard InChI is InChI=1S/C46H60N6O12/c1-5-60-46(59)62-30(3)61-40(54)11-10-39(53)49-19-12-32(13-20-49)33-14-21-50(22-15-33)42(55)38(28-31-26-29(2)41-37(27-31)63-44(57)48(41)4)64-45(58)51-23-17-35(18-24-51)52-25-16-34-8-6-7-9-36(34)47-43(52)56/h6-9,26-27,30,32-33,35,38H,5,10-25,28H2,1-4H3,(H,47,56)/t30?,38-/m1/s1. The summed E-state index contributed by atoms with van der Waals surface area (Å²) in [6.07, 6.45) is 1.21. The third-order valence-corrected chi connectivity index (χ3v) is 13.2. The lowest BCUT2D eigenvalue weighted by Gasteiger charge is -2.41. The molecule has 2 aromatic carbocycles. The zero-order chi connectivity index (χ0) is 45.5. The molecule has 64 heavy (non-hydrogen) atoms. The Labute approximate surface area is 372 Å². The number of hydrogen-bond donors (Lipinski definition) is 1. The van der Waals surface area contributed by atoms with Gasteiger partial charge in [-0.25, -0.2) is 19.2 Å².